The monoisotopic (exact) mass is 442 g/mol. The van der Waals surface area contributed by atoms with Gasteiger partial charge in [0.25, 0.3) is 10.0 Å². The van der Waals surface area contributed by atoms with E-state index in [-0.39, 0.29) is 10.6 Å². The molecule has 4 rings (SSSR count). The van der Waals surface area contributed by atoms with E-state index in [0.717, 1.165) is 30.0 Å². The van der Waals surface area contributed by atoms with Crippen LogP contribution in [0.1, 0.15) is 5.69 Å². The summed E-state index contributed by atoms with van der Waals surface area (Å²) in [5.41, 5.74) is 1.41. The van der Waals surface area contributed by atoms with Gasteiger partial charge in [-0.15, -0.1) is 0 Å². The van der Waals surface area contributed by atoms with Gasteiger partial charge in [-0.05, 0) is 36.4 Å². The van der Waals surface area contributed by atoms with Gasteiger partial charge in [-0.2, -0.15) is 0 Å². The SMILES string of the molecule is O=S(=O)(Nc1ccc(F)c(F)c1)c1ccc(NCc2coc(-c3ccccc3)n2)nc1. The number of rotatable bonds is 7. The lowest BCUT2D eigenvalue weighted by atomic mass is 10.2. The van der Waals surface area contributed by atoms with Crippen LogP contribution in [-0.2, 0) is 16.6 Å². The summed E-state index contributed by atoms with van der Waals surface area (Å²) in [7, 11) is -4.01. The Kier molecular flexibility index (Phi) is 5.63. The minimum atomic E-state index is -4.01. The molecule has 2 heterocycles. The molecule has 7 nitrogen and oxygen atoms in total. The average molecular weight is 442 g/mol. The molecule has 4 aromatic rings. The van der Waals surface area contributed by atoms with E-state index in [4.69, 9.17) is 4.42 Å². The molecule has 0 saturated carbocycles. The molecule has 2 aromatic carbocycles. The second-order valence-corrected chi connectivity index (χ2v) is 8.16. The van der Waals surface area contributed by atoms with Crippen molar-refractivity contribution in [2.75, 3.05) is 10.0 Å². The van der Waals surface area contributed by atoms with Crippen molar-refractivity contribution < 1.29 is 21.6 Å². The van der Waals surface area contributed by atoms with Gasteiger partial charge in [0.1, 0.15) is 17.0 Å². The number of benzene rings is 2. The predicted molar refractivity (Wildman–Crippen MR) is 111 cm³/mol. The first-order valence-electron chi connectivity index (χ1n) is 9.08. The van der Waals surface area contributed by atoms with Crippen molar-refractivity contribution in [3.8, 4) is 11.5 Å². The average Bonchev–Trinajstić information content (AvgIpc) is 3.25. The molecule has 0 spiro atoms. The van der Waals surface area contributed by atoms with Crippen LogP contribution in [0.5, 0.6) is 0 Å². The Labute approximate surface area is 176 Å². The van der Waals surface area contributed by atoms with E-state index >= 15 is 0 Å². The Morgan fingerprint density at radius 3 is 2.48 bits per heavy atom. The third-order valence-electron chi connectivity index (χ3n) is 4.24. The zero-order valence-electron chi connectivity index (χ0n) is 15.9. The maximum absolute atomic E-state index is 13.3. The molecule has 10 heteroatoms. The van der Waals surface area contributed by atoms with Crippen LogP contribution in [-0.4, -0.2) is 18.4 Å². The lowest BCUT2D eigenvalue weighted by molar-refractivity contribution is 0.509. The predicted octanol–water partition coefficient (Wildman–Crippen LogP) is 4.43. The number of nitrogens with one attached hydrogen (secondary N) is 2. The second-order valence-electron chi connectivity index (χ2n) is 6.48. The Hall–Kier alpha value is -3.79. The lowest BCUT2D eigenvalue weighted by Gasteiger charge is -2.09. The molecule has 0 radical (unpaired) electrons. The van der Waals surface area contributed by atoms with Gasteiger partial charge in [-0.3, -0.25) is 4.72 Å². The Bertz CT molecular complexity index is 1290. The maximum atomic E-state index is 13.3. The Morgan fingerprint density at radius 1 is 0.968 bits per heavy atom. The number of hydrogen-bond donors (Lipinski definition) is 2. The lowest BCUT2D eigenvalue weighted by Crippen LogP contribution is -2.14. The van der Waals surface area contributed by atoms with Crippen LogP contribution in [0.25, 0.3) is 11.5 Å². The smallest absolute Gasteiger partial charge is 0.263 e. The van der Waals surface area contributed by atoms with Crippen molar-refractivity contribution in [2.24, 2.45) is 0 Å². The zero-order valence-corrected chi connectivity index (χ0v) is 16.7. The van der Waals surface area contributed by atoms with Gasteiger partial charge in [0.15, 0.2) is 11.6 Å². The van der Waals surface area contributed by atoms with Gasteiger partial charge in [-0.1, -0.05) is 18.2 Å². The second kappa shape index (κ2) is 8.52. The number of aromatic nitrogens is 2. The molecule has 0 unspecified atom stereocenters. The van der Waals surface area contributed by atoms with Crippen molar-refractivity contribution in [1.82, 2.24) is 9.97 Å². The summed E-state index contributed by atoms with van der Waals surface area (Å²) in [6.45, 7) is 0.322. The van der Waals surface area contributed by atoms with Crippen LogP contribution >= 0.6 is 0 Å². The quantitative estimate of drug-likeness (QED) is 0.440. The largest absolute Gasteiger partial charge is 0.444 e. The molecule has 158 valence electrons. The molecular weight excluding hydrogens is 426 g/mol. The van der Waals surface area contributed by atoms with Crippen molar-refractivity contribution >= 4 is 21.5 Å². The highest BCUT2D eigenvalue weighted by atomic mass is 32.2. The number of anilines is 2. The van der Waals surface area contributed by atoms with Gasteiger partial charge < -0.3 is 9.73 Å². The molecule has 0 saturated heterocycles. The minimum absolute atomic E-state index is 0.0960. The Morgan fingerprint density at radius 2 is 1.77 bits per heavy atom. The summed E-state index contributed by atoms with van der Waals surface area (Å²) in [4.78, 5) is 8.34. The maximum Gasteiger partial charge on any atom is 0.263 e. The highest BCUT2D eigenvalue weighted by molar-refractivity contribution is 7.92. The van der Waals surface area contributed by atoms with Gasteiger partial charge in [-0.25, -0.2) is 27.2 Å². The van der Waals surface area contributed by atoms with Crippen LogP contribution in [0.15, 0.2) is 82.4 Å². The fraction of sp³-hybridized carbons (Fsp3) is 0.0476. The van der Waals surface area contributed by atoms with Crippen LogP contribution in [0.4, 0.5) is 20.3 Å². The number of hydrogen-bond acceptors (Lipinski definition) is 6. The van der Waals surface area contributed by atoms with E-state index in [0.29, 0.717) is 23.9 Å². The third-order valence-corrected chi connectivity index (χ3v) is 5.61. The van der Waals surface area contributed by atoms with Crippen molar-refractivity contribution in [3.63, 3.8) is 0 Å². The van der Waals surface area contributed by atoms with E-state index in [1.54, 1.807) is 0 Å². The van der Waals surface area contributed by atoms with Crippen LogP contribution in [0.2, 0.25) is 0 Å². The van der Waals surface area contributed by atoms with E-state index in [9.17, 15) is 17.2 Å². The molecule has 0 aliphatic heterocycles. The molecule has 0 atom stereocenters. The topological polar surface area (TPSA) is 97.1 Å². The van der Waals surface area contributed by atoms with E-state index in [1.165, 1.54) is 18.4 Å². The number of nitrogens with zero attached hydrogens (tertiary/aromatic N) is 2. The first-order valence-corrected chi connectivity index (χ1v) is 10.6. The van der Waals surface area contributed by atoms with Gasteiger partial charge >= 0.3 is 0 Å². The summed E-state index contributed by atoms with van der Waals surface area (Å²) < 4.78 is 58.8. The molecule has 0 aliphatic rings. The summed E-state index contributed by atoms with van der Waals surface area (Å²) in [6, 6.07) is 15.0. The van der Waals surface area contributed by atoms with E-state index < -0.39 is 21.7 Å². The van der Waals surface area contributed by atoms with E-state index in [1.807, 2.05) is 30.3 Å². The minimum Gasteiger partial charge on any atom is -0.444 e. The van der Waals surface area contributed by atoms with Gasteiger partial charge in [0.2, 0.25) is 5.89 Å². The summed E-state index contributed by atoms with van der Waals surface area (Å²) in [5, 5.41) is 3.03. The first kappa shape index (κ1) is 20.5. The molecule has 2 N–H and O–H groups in total. The van der Waals surface area contributed by atoms with Gasteiger partial charge in [0.05, 0.1) is 17.9 Å². The molecule has 0 amide bonds. The molecule has 0 fully saturated rings. The third kappa shape index (κ3) is 4.86. The molecule has 2 aromatic heterocycles. The van der Waals surface area contributed by atoms with Gasteiger partial charge in [0, 0.05) is 17.8 Å². The highest BCUT2D eigenvalue weighted by Crippen LogP contribution is 2.20. The number of pyridine rings is 1. The summed E-state index contributed by atoms with van der Waals surface area (Å²) in [6.07, 6.45) is 2.68. The van der Waals surface area contributed by atoms with Crippen molar-refractivity contribution in [3.05, 3.63) is 90.5 Å². The normalized spacial score (nSPS) is 11.3. The van der Waals surface area contributed by atoms with Crippen molar-refractivity contribution in [1.29, 1.82) is 0 Å². The molecule has 0 bridgehead atoms. The summed E-state index contributed by atoms with van der Waals surface area (Å²) >= 11 is 0. The number of sulfonamides is 1. The zero-order chi connectivity index (χ0) is 21.8. The standard InChI is InChI=1S/C21H16F2N4O3S/c22-18-8-6-15(10-19(18)23)27-31(28,29)17-7-9-20(25-12-17)24-11-16-13-30-21(26-16)14-4-2-1-3-5-14/h1-10,12-13,27H,11H2,(H,24,25). The van der Waals surface area contributed by atoms with Crippen LogP contribution in [0.3, 0.4) is 0 Å². The molecule has 31 heavy (non-hydrogen) atoms. The molecular formula is C21H16F2N4O3S. The van der Waals surface area contributed by atoms with Crippen LogP contribution < -0.4 is 10.0 Å². The highest BCUT2D eigenvalue weighted by Gasteiger charge is 2.16. The number of halogens is 2. The first-order chi connectivity index (χ1) is 14.9. The Balaban J connectivity index is 1.40. The van der Waals surface area contributed by atoms with Crippen LogP contribution in [0, 0.1) is 11.6 Å². The fourth-order valence-electron chi connectivity index (χ4n) is 2.70. The van der Waals surface area contributed by atoms with E-state index in [2.05, 4.69) is 20.0 Å². The fourth-order valence-corrected chi connectivity index (χ4v) is 3.69. The number of oxazole rings is 1. The summed E-state index contributed by atoms with van der Waals surface area (Å²) in [5.74, 6) is -1.30. The van der Waals surface area contributed by atoms with Crippen molar-refractivity contribution in [2.45, 2.75) is 11.4 Å². The molecule has 0 aliphatic carbocycles.